The SMILES string of the molecule is CC1=C(C(=O)c2ccccc2)[C@H](c2ccccc2Cl)NC(=O)N1. The second-order valence-corrected chi connectivity index (χ2v) is 5.69. The van der Waals surface area contributed by atoms with Crippen molar-refractivity contribution in [2.75, 3.05) is 0 Å². The first-order valence-electron chi connectivity index (χ1n) is 7.20. The van der Waals surface area contributed by atoms with Crippen molar-refractivity contribution in [3.05, 3.63) is 82.0 Å². The Bertz CT molecular complexity index is 800. The second kappa shape index (κ2) is 6.26. The van der Waals surface area contributed by atoms with Crippen LogP contribution in [0.1, 0.15) is 28.9 Å². The van der Waals surface area contributed by atoms with Gasteiger partial charge in [-0.15, -0.1) is 0 Å². The number of halogens is 1. The van der Waals surface area contributed by atoms with Crippen LogP contribution in [0.15, 0.2) is 65.9 Å². The smallest absolute Gasteiger partial charge is 0.319 e. The van der Waals surface area contributed by atoms with E-state index in [9.17, 15) is 9.59 Å². The highest BCUT2D eigenvalue weighted by Crippen LogP contribution is 2.33. The lowest BCUT2D eigenvalue weighted by atomic mass is 9.89. The zero-order chi connectivity index (χ0) is 16.4. The van der Waals surface area contributed by atoms with Gasteiger partial charge in [-0.25, -0.2) is 4.79 Å². The quantitative estimate of drug-likeness (QED) is 0.842. The molecule has 4 nitrogen and oxygen atoms in total. The zero-order valence-electron chi connectivity index (χ0n) is 12.5. The molecule has 2 aromatic rings. The Morgan fingerprint density at radius 1 is 1.04 bits per heavy atom. The van der Waals surface area contributed by atoms with E-state index < -0.39 is 6.04 Å². The number of amides is 2. The van der Waals surface area contributed by atoms with E-state index in [1.807, 2.05) is 36.4 Å². The maximum Gasteiger partial charge on any atom is 0.319 e. The van der Waals surface area contributed by atoms with Crippen LogP contribution in [0, 0.1) is 0 Å². The lowest BCUT2D eigenvalue weighted by molar-refractivity contribution is 0.102. The summed E-state index contributed by atoms with van der Waals surface area (Å²) < 4.78 is 0. The van der Waals surface area contributed by atoms with Gasteiger partial charge in [-0.3, -0.25) is 4.79 Å². The van der Waals surface area contributed by atoms with Gasteiger partial charge >= 0.3 is 6.03 Å². The van der Waals surface area contributed by atoms with Crippen molar-refractivity contribution < 1.29 is 9.59 Å². The Hall–Kier alpha value is -2.59. The molecule has 1 aliphatic heterocycles. The number of ketones is 1. The molecule has 0 aromatic heterocycles. The zero-order valence-corrected chi connectivity index (χ0v) is 13.2. The number of urea groups is 1. The summed E-state index contributed by atoms with van der Waals surface area (Å²) in [4.78, 5) is 24.8. The number of allylic oxidation sites excluding steroid dienone is 1. The van der Waals surface area contributed by atoms with Crippen LogP contribution in [0.2, 0.25) is 5.02 Å². The van der Waals surface area contributed by atoms with Crippen LogP contribution in [0.3, 0.4) is 0 Å². The predicted molar refractivity (Wildman–Crippen MR) is 89.3 cm³/mol. The van der Waals surface area contributed by atoms with E-state index in [0.29, 0.717) is 27.4 Å². The summed E-state index contributed by atoms with van der Waals surface area (Å²) in [5.74, 6) is -0.138. The summed E-state index contributed by atoms with van der Waals surface area (Å²) in [7, 11) is 0. The molecule has 0 unspecified atom stereocenters. The highest BCUT2D eigenvalue weighted by Gasteiger charge is 2.32. The van der Waals surface area contributed by atoms with Crippen LogP contribution in [-0.2, 0) is 0 Å². The summed E-state index contributed by atoms with van der Waals surface area (Å²) in [5, 5.41) is 5.96. The van der Waals surface area contributed by atoms with Gasteiger partial charge in [-0.05, 0) is 18.6 Å². The number of hydrogen-bond acceptors (Lipinski definition) is 2. The minimum Gasteiger partial charge on any atom is -0.327 e. The highest BCUT2D eigenvalue weighted by molar-refractivity contribution is 6.31. The topological polar surface area (TPSA) is 58.2 Å². The molecular formula is C18H15ClN2O2. The first-order chi connectivity index (χ1) is 11.1. The van der Waals surface area contributed by atoms with E-state index in [1.54, 1.807) is 25.1 Å². The molecule has 1 aliphatic rings. The Morgan fingerprint density at radius 2 is 1.70 bits per heavy atom. The summed E-state index contributed by atoms with van der Waals surface area (Å²) >= 11 is 6.26. The van der Waals surface area contributed by atoms with Crippen LogP contribution in [0.5, 0.6) is 0 Å². The van der Waals surface area contributed by atoms with Crippen LogP contribution in [0.25, 0.3) is 0 Å². The van der Waals surface area contributed by atoms with Crippen molar-refractivity contribution >= 4 is 23.4 Å². The van der Waals surface area contributed by atoms with E-state index in [2.05, 4.69) is 10.6 Å². The molecule has 2 aromatic carbocycles. The van der Waals surface area contributed by atoms with Gasteiger partial charge in [-0.1, -0.05) is 60.1 Å². The molecule has 0 spiro atoms. The van der Waals surface area contributed by atoms with E-state index in [4.69, 9.17) is 11.6 Å². The van der Waals surface area contributed by atoms with Crippen LogP contribution in [-0.4, -0.2) is 11.8 Å². The number of Topliss-reactive ketones (excluding diaryl/α,β-unsaturated/α-hetero) is 1. The van der Waals surface area contributed by atoms with E-state index in [1.165, 1.54) is 0 Å². The third-order valence-corrected chi connectivity index (χ3v) is 4.11. The van der Waals surface area contributed by atoms with Crippen LogP contribution >= 0.6 is 11.6 Å². The molecule has 0 aliphatic carbocycles. The molecule has 0 fully saturated rings. The fourth-order valence-corrected chi connectivity index (χ4v) is 2.93. The number of benzene rings is 2. The summed E-state index contributed by atoms with van der Waals surface area (Å²) in [6.07, 6.45) is 0. The largest absolute Gasteiger partial charge is 0.327 e. The van der Waals surface area contributed by atoms with Gasteiger partial charge in [0.15, 0.2) is 5.78 Å². The maximum absolute atomic E-state index is 12.9. The number of hydrogen-bond donors (Lipinski definition) is 2. The first-order valence-corrected chi connectivity index (χ1v) is 7.58. The molecule has 0 saturated carbocycles. The molecule has 2 amide bonds. The summed E-state index contributed by atoms with van der Waals surface area (Å²) in [6, 6.07) is 15.2. The fraction of sp³-hybridized carbons (Fsp3) is 0.111. The third kappa shape index (κ3) is 2.98. The molecule has 23 heavy (non-hydrogen) atoms. The van der Waals surface area contributed by atoms with Crippen molar-refractivity contribution in [2.45, 2.75) is 13.0 Å². The third-order valence-electron chi connectivity index (χ3n) is 3.77. The molecule has 3 rings (SSSR count). The van der Waals surface area contributed by atoms with Crippen molar-refractivity contribution in [1.82, 2.24) is 10.6 Å². The average Bonchev–Trinajstić information content (AvgIpc) is 2.55. The van der Waals surface area contributed by atoms with E-state index >= 15 is 0 Å². The van der Waals surface area contributed by atoms with Gasteiger partial charge in [0.25, 0.3) is 0 Å². The van der Waals surface area contributed by atoms with E-state index in [-0.39, 0.29) is 11.8 Å². The minimum absolute atomic E-state index is 0.138. The number of carbonyl (C=O) groups excluding carboxylic acids is 2. The number of rotatable bonds is 3. The monoisotopic (exact) mass is 326 g/mol. The fourth-order valence-electron chi connectivity index (χ4n) is 2.68. The van der Waals surface area contributed by atoms with Crippen molar-refractivity contribution in [1.29, 1.82) is 0 Å². The molecule has 5 heteroatoms. The lowest BCUT2D eigenvalue weighted by Crippen LogP contribution is -2.45. The Labute approximate surface area is 139 Å². The summed E-state index contributed by atoms with van der Waals surface area (Å²) in [5.41, 5.74) is 2.29. The van der Waals surface area contributed by atoms with Gasteiger partial charge in [0.2, 0.25) is 0 Å². The van der Waals surface area contributed by atoms with Crippen molar-refractivity contribution in [3.8, 4) is 0 Å². The molecule has 0 radical (unpaired) electrons. The van der Waals surface area contributed by atoms with Crippen molar-refractivity contribution in [3.63, 3.8) is 0 Å². The van der Waals surface area contributed by atoms with Gasteiger partial charge in [0.1, 0.15) is 0 Å². The van der Waals surface area contributed by atoms with Crippen molar-refractivity contribution in [2.24, 2.45) is 0 Å². The lowest BCUT2D eigenvalue weighted by Gasteiger charge is -2.29. The second-order valence-electron chi connectivity index (χ2n) is 5.29. The standard InChI is InChI=1S/C18H15ClN2O2/c1-11-15(17(22)12-7-3-2-4-8-12)16(21-18(23)20-11)13-9-5-6-10-14(13)19/h2-10,16H,1H3,(H2,20,21,23)/t16-/m0/s1. The molecule has 116 valence electrons. The van der Waals surface area contributed by atoms with Crippen LogP contribution < -0.4 is 10.6 Å². The Balaban J connectivity index is 2.10. The van der Waals surface area contributed by atoms with E-state index in [0.717, 1.165) is 0 Å². The molecule has 0 bridgehead atoms. The molecule has 1 atom stereocenters. The number of carbonyl (C=O) groups is 2. The molecule has 1 heterocycles. The first kappa shape index (κ1) is 15.3. The van der Waals surface area contributed by atoms with Gasteiger partial charge < -0.3 is 10.6 Å². The molecular weight excluding hydrogens is 312 g/mol. The Morgan fingerprint density at radius 3 is 2.39 bits per heavy atom. The predicted octanol–water partition coefficient (Wildman–Crippen LogP) is 3.85. The Kier molecular flexibility index (Phi) is 4.17. The van der Waals surface area contributed by atoms with Gasteiger partial charge in [0.05, 0.1) is 6.04 Å². The molecule has 0 saturated heterocycles. The average molecular weight is 327 g/mol. The van der Waals surface area contributed by atoms with Gasteiger partial charge in [-0.2, -0.15) is 0 Å². The minimum atomic E-state index is -0.579. The summed E-state index contributed by atoms with van der Waals surface area (Å²) in [6.45, 7) is 1.72. The highest BCUT2D eigenvalue weighted by atomic mass is 35.5. The van der Waals surface area contributed by atoms with Gasteiger partial charge in [0, 0.05) is 21.9 Å². The normalized spacial score (nSPS) is 17.5. The maximum atomic E-state index is 12.9. The number of nitrogens with one attached hydrogen (secondary N) is 2. The molecule has 2 N–H and O–H groups in total. The van der Waals surface area contributed by atoms with Crippen LogP contribution in [0.4, 0.5) is 4.79 Å².